The first-order chi connectivity index (χ1) is 18.8. The minimum Gasteiger partial charge on any atom is -0.391 e. The molecule has 0 fully saturated rings. The van der Waals surface area contributed by atoms with E-state index >= 15 is 0 Å². The molecule has 0 bridgehead atoms. The molecule has 0 rings (SSSR count). The van der Waals surface area contributed by atoms with Crippen molar-refractivity contribution >= 4 is 13.7 Å². The van der Waals surface area contributed by atoms with Crippen molar-refractivity contribution in [1.82, 2.24) is 5.32 Å². The fourth-order valence-electron chi connectivity index (χ4n) is 5.05. The molecule has 2 atom stereocenters. The number of hydrogen-bond acceptors (Lipinski definition) is 4. The summed E-state index contributed by atoms with van der Waals surface area (Å²) in [5, 5.41) is 13.4. The van der Waals surface area contributed by atoms with E-state index in [1.165, 1.54) is 109 Å². The highest BCUT2D eigenvalue weighted by molar-refractivity contribution is 7.46. The Kier molecular flexibility index (Phi) is 27.4. The third kappa shape index (κ3) is 28.9. The van der Waals surface area contributed by atoms with Gasteiger partial charge in [0.15, 0.2) is 0 Å². The van der Waals surface area contributed by atoms with Gasteiger partial charge in [0, 0.05) is 6.42 Å². The lowest BCUT2D eigenvalue weighted by Crippen LogP contribution is -2.46. The molecule has 0 aromatic rings. The van der Waals surface area contributed by atoms with Gasteiger partial charge >= 0.3 is 7.82 Å². The van der Waals surface area contributed by atoms with Crippen LogP contribution >= 0.6 is 7.82 Å². The zero-order valence-electron chi connectivity index (χ0n) is 25.6. The Morgan fingerprint density at radius 3 is 1.38 bits per heavy atom. The molecule has 8 heteroatoms. The molecular weight excluding hydrogens is 513 g/mol. The topological polar surface area (TPSA) is 116 Å². The first-order valence-corrected chi connectivity index (χ1v) is 18.0. The normalized spacial score (nSPS) is 13.5. The number of nitrogens with one attached hydrogen (secondary N) is 1. The summed E-state index contributed by atoms with van der Waals surface area (Å²) < 4.78 is 15.8. The molecule has 0 aliphatic rings. The van der Waals surface area contributed by atoms with Crippen LogP contribution in [0.1, 0.15) is 174 Å². The molecule has 0 heterocycles. The molecule has 4 N–H and O–H groups in total. The van der Waals surface area contributed by atoms with Gasteiger partial charge in [0.1, 0.15) is 0 Å². The van der Waals surface area contributed by atoms with Gasteiger partial charge < -0.3 is 20.2 Å². The van der Waals surface area contributed by atoms with E-state index in [1.54, 1.807) is 0 Å². The predicted octanol–water partition coefficient (Wildman–Crippen LogP) is 8.73. The summed E-state index contributed by atoms with van der Waals surface area (Å²) in [7, 11) is -4.67. The average Bonchev–Trinajstić information content (AvgIpc) is 2.89. The molecule has 0 aromatic carbocycles. The summed E-state index contributed by atoms with van der Waals surface area (Å²) in [4.78, 5) is 30.6. The van der Waals surface area contributed by atoms with E-state index in [0.29, 0.717) is 12.8 Å². The molecule has 7 nitrogen and oxygen atoms in total. The third-order valence-corrected chi connectivity index (χ3v) is 8.08. The van der Waals surface area contributed by atoms with Crippen LogP contribution in [0.2, 0.25) is 0 Å². The number of phosphoric acid groups is 1. The Balaban J connectivity index is 4.04. The van der Waals surface area contributed by atoms with Gasteiger partial charge in [-0.15, -0.1) is 0 Å². The number of aliphatic hydroxyl groups excluding tert-OH is 1. The molecule has 0 unspecified atom stereocenters. The SMILES string of the molecule is CCCCCCCCCCCCCC[C@@H](O)[C@H](COP(=O)(O)O)NC(=O)CCCCCCCCCCCCC. The van der Waals surface area contributed by atoms with Gasteiger partial charge in [-0.05, 0) is 12.8 Å². The van der Waals surface area contributed by atoms with E-state index in [0.717, 1.165) is 38.5 Å². The Labute approximate surface area is 240 Å². The highest BCUT2D eigenvalue weighted by Gasteiger charge is 2.25. The van der Waals surface area contributed by atoms with Gasteiger partial charge in [0.2, 0.25) is 5.91 Å². The van der Waals surface area contributed by atoms with Gasteiger partial charge in [-0.1, -0.05) is 155 Å². The monoisotopic (exact) mass is 577 g/mol. The fraction of sp³-hybridized carbons (Fsp3) is 0.968. The number of unbranched alkanes of at least 4 members (excludes halogenated alkanes) is 21. The van der Waals surface area contributed by atoms with Crippen LogP contribution in [-0.4, -0.2) is 39.6 Å². The third-order valence-electron chi connectivity index (χ3n) is 7.59. The largest absolute Gasteiger partial charge is 0.469 e. The maximum Gasteiger partial charge on any atom is 0.469 e. The smallest absolute Gasteiger partial charge is 0.391 e. The number of carbonyl (C=O) groups excluding carboxylic acids is 1. The van der Waals surface area contributed by atoms with Crippen LogP contribution in [0.25, 0.3) is 0 Å². The van der Waals surface area contributed by atoms with Crippen LogP contribution in [-0.2, 0) is 13.9 Å². The molecular formula is C31H64NO6P. The van der Waals surface area contributed by atoms with E-state index in [2.05, 4.69) is 23.7 Å². The highest BCUT2D eigenvalue weighted by Crippen LogP contribution is 2.36. The lowest BCUT2D eigenvalue weighted by atomic mass is 10.0. The fourth-order valence-corrected chi connectivity index (χ4v) is 5.41. The number of rotatable bonds is 30. The molecule has 0 spiro atoms. The average molecular weight is 578 g/mol. The summed E-state index contributed by atoms with van der Waals surface area (Å²) in [6.07, 6.45) is 27.9. The van der Waals surface area contributed by atoms with Crippen molar-refractivity contribution in [3.63, 3.8) is 0 Å². The zero-order valence-corrected chi connectivity index (χ0v) is 26.4. The first-order valence-electron chi connectivity index (χ1n) is 16.5. The number of phosphoric ester groups is 1. The van der Waals surface area contributed by atoms with Crippen molar-refractivity contribution in [3.05, 3.63) is 0 Å². The number of hydrogen-bond donors (Lipinski definition) is 4. The Bertz CT molecular complexity index is 585. The molecule has 0 saturated carbocycles. The summed E-state index contributed by atoms with van der Waals surface area (Å²) in [5.41, 5.74) is 0. The van der Waals surface area contributed by atoms with E-state index in [1.807, 2.05) is 0 Å². The van der Waals surface area contributed by atoms with Gasteiger partial charge in [-0.2, -0.15) is 0 Å². The van der Waals surface area contributed by atoms with Crippen molar-refractivity contribution in [2.75, 3.05) is 6.61 Å². The Morgan fingerprint density at radius 2 is 1.00 bits per heavy atom. The maximum atomic E-state index is 12.4. The van der Waals surface area contributed by atoms with Crippen molar-refractivity contribution in [2.24, 2.45) is 0 Å². The Morgan fingerprint density at radius 1 is 0.641 bits per heavy atom. The van der Waals surface area contributed by atoms with Gasteiger partial charge in [0.05, 0.1) is 18.8 Å². The number of amides is 1. The second kappa shape index (κ2) is 27.7. The van der Waals surface area contributed by atoms with Gasteiger partial charge in [-0.3, -0.25) is 9.32 Å². The van der Waals surface area contributed by atoms with E-state index in [4.69, 9.17) is 9.79 Å². The van der Waals surface area contributed by atoms with Crippen LogP contribution in [0.5, 0.6) is 0 Å². The highest BCUT2D eigenvalue weighted by atomic mass is 31.2. The van der Waals surface area contributed by atoms with E-state index < -0.39 is 26.6 Å². The second-order valence-electron chi connectivity index (χ2n) is 11.5. The molecule has 0 radical (unpaired) electrons. The van der Waals surface area contributed by atoms with Crippen LogP contribution in [0.15, 0.2) is 0 Å². The van der Waals surface area contributed by atoms with Crippen molar-refractivity contribution < 1.29 is 28.8 Å². The van der Waals surface area contributed by atoms with Gasteiger partial charge in [0.25, 0.3) is 0 Å². The minimum absolute atomic E-state index is 0.195. The first kappa shape index (κ1) is 38.5. The van der Waals surface area contributed by atoms with E-state index in [-0.39, 0.29) is 5.91 Å². The maximum absolute atomic E-state index is 12.4. The standard InChI is InChI=1S/C31H64NO6P/c1-3-5-7-9-11-13-15-17-18-20-22-24-26-30(33)29(28-38-39(35,36)37)32-31(34)27-25-23-21-19-16-14-12-10-8-6-4-2/h29-30,33H,3-28H2,1-2H3,(H,32,34)(H2,35,36,37)/t29-,30+/m0/s1. The molecule has 0 aliphatic heterocycles. The number of carbonyl (C=O) groups is 1. The molecule has 1 amide bonds. The second-order valence-corrected chi connectivity index (χ2v) is 12.7. The summed E-state index contributed by atoms with van der Waals surface area (Å²) in [6, 6.07) is -0.814. The van der Waals surface area contributed by atoms with E-state index in [9.17, 15) is 14.5 Å². The molecule has 39 heavy (non-hydrogen) atoms. The minimum atomic E-state index is -4.67. The summed E-state index contributed by atoms with van der Waals surface area (Å²) in [6.45, 7) is 4.08. The molecule has 0 saturated heterocycles. The molecule has 234 valence electrons. The molecule has 0 aliphatic carbocycles. The lowest BCUT2D eigenvalue weighted by Gasteiger charge is -2.24. The van der Waals surface area contributed by atoms with Crippen molar-refractivity contribution in [3.8, 4) is 0 Å². The predicted molar refractivity (Wildman–Crippen MR) is 163 cm³/mol. The van der Waals surface area contributed by atoms with Crippen LogP contribution in [0, 0.1) is 0 Å². The summed E-state index contributed by atoms with van der Waals surface area (Å²) in [5.74, 6) is -0.195. The van der Waals surface area contributed by atoms with Gasteiger partial charge in [-0.25, -0.2) is 4.57 Å². The van der Waals surface area contributed by atoms with Crippen molar-refractivity contribution in [2.45, 2.75) is 187 Å². The Hall–Kier alpha value is -0.460. The lowest BCUT2D eigenvalue weighted by molar-refractivity contribution is -0.123. The number of aliphatic hydroxyl groups is 1. The van der Waals surface area contributed by atoms with Crippen molar-refractivity contribution in [1.29, 1.82) is 0 Å². The van der Waals surface area contributed by atoms with Crippen LogP contribution < -0.4 is 5.32 Å². The summed E-state index contributed by atoms with van der Waals surface area (Å²) >= 11 is 0. The quantitative estimate of drug-likeness (QED) is 0.0501. The zero-order chi connectivity index (χ0) is 29.0. The molecule has 0 aromatic heterocycles. The van der Waals surface area contributed by atoms with Crippen LogP contribution in [0.3, 0.4) is 0 Å². The van der Waals surface area contributed by atoms with Crippen LogP contribution in [0.4, 0.5) is 0 Å².